The quantitative estimate of drug-likeness (QED) is 0.848. The second kappa shape index (κ2) is 5.85. The van der Waals surface area contributed by atoms with Crippen molar-refractivity contribution in [3.63, 3.8) is 0 Å². The molecule has 0 aromatic carbocycles. The zero-order valence-electron chi connectivity index (χ0n) is 14.9. The van der Waals surface area contributed by atoms with E-state index in [0.717, 1.165) is 35.8 Å². The predicted molar refractivity (Wildman–Crippen MR) is 90.4 cm³/mol. The van der Waals surface area contributed by atoms with Crippen LogP contribution in [0.1, 0.15) is 66.7 Å². The van der Waals surface area contributed by atoms with Crippen LogP contribution >= 0.6 is 0 Å². The third-order valence-electron chi connectivity index (χ3n) is 6.99. The zero-order valence-corrected chi connectivity index (χ0v) is 14.9. The van der Waals surface area contributed by atoms with Gasteiger partial charge in [0.05, 0.1) is 0 Å². The summed E-state index contributed by atoms with van der Waals surface area (Å²) < 4.78 is 0. The summed E-state index contributed by atoms with van der Waals surface area (Å²) in [5.41, 5.74) is 0.381. The molecule has 3 rings (SSSR count). The Balaban J connectivity index is 1.79. The summed E-state index contributed by atoms with van der Waals surface area (Å²) in [6, 6.07) is 1.55. The fourth-order valence-electron chi connectivity index (χ4n) is 5.00. The van der Waals surface area contributed by atoms with Crippen LogP contribution in [-0.2, 0) is 0 Å². The maximum Gasteiger partial charge on any atom is 0.0309 e. The molecule has 122 valence electrons. The Labute approximate surface area is 132 Å². The summed E-state index contributed by atoms with van der Waals surface area (Å²) >= 11 is 0. The van der Waals surface area contributed by atoms with Crippen LogP contribution in [0.2, 0.25) is 0 Å². The average Bonchev–Trinajstić information content (AvgIpc) is 3.26. The maximum atomic E-state index is 3.94. The van der Waals surface area contributed by atoms with Gasteiger partial charge in [0.15, 0.2) is 0 Å². The van der Waals surface area contributed by atoms with Crippen molar-refractivity contribution >= 4 is 0 Å². The fraction of sp³-hybridized carbons (Fsp3) is 1.00. The minimum atomic E-state index is 0.381. The van der Waals surface area contributed by atoms with Crippen LogP contribution in [-0.4, -0.2) is 35.6 Å². The normalized spacial score (nSPS) is 46.0. The fourth-order valence-corrected chi connectivity index (χ4v) is 5.00. The first-order valence-electron chi connectivity index (χ1n) is 9.43. The summed E-state index contributed by atoms with van der Waals surface area (Å²) in [5, 5.41) is 3.94. The average molecular weight is 293 g/mol. The topological polar surface area (TPSA) is 15.3 Å². The Morgan fingerprint density at radius 2 is 1.81 bits per heavy atom. The third-order valence-corrected chi connectivity index (χ3v) is 6.99. The Morgan fingerprint density at radius 1 is 1.10 bits per heavy atom. The third kappa shape index (κ3) is 3.03. The highest BCUT2D eigenvalue weighted by atomic mass is 15.3. The summed E-state index contributed by atoms with van der Waals surface area (Å²) in [6.45, 7) is 14.8. The molecule has 0 radical (unpaired) electrons. The molecule has 1 heterocycles. The summed E-state index contributed by atoms with van der Waals surface area (Å²) in [4.78, 5) is 2.94. The Morgan fingerprint density at radius 3 is 2.43 bits per heavy atom. The molecule has 0 amide bonds. The van der Waals surface area contributed by atoms with E-state index in [9.17, 15) is 0 Å². The van der Waals surface area contributed by atoms with Gasteiger partial charge in [-0.25, -0.2) is 0 Å². The maximum absolute atomic E-state index is 3.94. The SMILES string of the molecule is CC(C)C1CNC(C)(C2CC2)CN1C1CCCC(C)C1C. The molecule has 2 saturated carbocycles. The van der Waals surface area contributed by atoms with Crippen molar-refractivity contribution in [2.45, 2.75) is 84.3 Å². The number of nitrogens with zero attached hydrogens (tertiary/aromatic N) is 1. The lowest BCUT2D eigenvalue weighted by Gasteiger charge is -2.54. The van der Waals surface area contributed by atoms with Crippen molar-refractivity contribution in [1.82, 2.24) is 10.2 Å². The van der Waals surface area contributed by atoms with E-state index in [4.69, 9.17) is 0 Å². The van der Waals surface area contributed by atoms with Gasteiger partial charge in [-0.05, 0) is 49.9 Å². The molecule has 2 aliphatic carbocycles. The molecule has 1 saturated heterocycles. The van der Waals surface area contributed by atoms with Gasteiger partial charge >= 0.3 is 0 Å². The smallest absolute Gasteiger partial charge is 0.0309 e. The zero-order chi connectivity index (χ0) is 15.2. The minimum absolute atomic E-state index is 0.381. The van der Waals surface area contributed by atoms with Gasteiger partial charge in [-0.15, -0.1) is 0 Å². The van der Waals surface area contributed by atoms with Crippen molar-refractivity contribution in [2.75, 3.05) is 13.1 Å². The summed E-state index contributed by atoms with van der Waals surface area (Å²) in [5.74, 6) is 3.45. The molecule has 1 aliphatic heterocycles. The van der Waals surface area contributed by atoms with Crippen molar-refractivity contribution in [3.05, 3.63) is 0 Å². The van der Waals surface area contributed by atoms with Gasteiger partial charge in [-0.2, -0.15) is 0 Å². The molecule has 0 aromatic rings. The van der Waals surface area contributed by atoms with E-state index in [0.29, 0.717) is 5.54 Å². The van der Waals surface area contributed by atoms with Gasteiger partial charge in [0.2, 0.25) is 0 Å². The first-order valence-corrected chi connectivity index (χ1v) is 9.43. The Bertz CT molecular complexity index is 363. The van der Waals surface area contributed by atoms with Crippen molar-refractivity contribution in [2.24, 2.45) is 23.7 Å². The van der Waals surface area contributed by atoms with Gasteiger partial charge in [-0.1, -0.05) is 40.5 Å². The van der Waals surface area contributed by atoms with E-state index in [2.05, 4.69) is 44.8 Å². The van der Waals surface area contributed by atoms with Gasteiger partial charge in [0.25, 0.3) is 0 Å². The number of hydrogen-bond acceptors (Lipinski definition) is 2. The van der Waals surface area contributed by atoms with Gasteiger partial charge in [-0.3, -0.25) is 4.90 Å². The molecule has 3 fully saturated rings. The number of hydrogen-bond donors (Lipinski definition) is 1. The predicted octanol–water partition coefficient (Wildman–Crippen LogP) is 3.91. The van der Waals surface area contributed by atoms with Crippen molar-refractivity contribution in [3.8, 4) is 0 Å². The molecule has 21 heavy (non-hydrogen) atoms. The first-order chi connectivity index (χ1) is 9.92. The van der Waals surface area contributed by atoms with Crippen LogP contribution in [0.25, 0.3) is 0 Å². The van der Waals surface area contributed by atoms with E-state index in [1.807, 2.05) is 0 Å². The second-order valence-corrected chi connectivity index (χ2v) is 8.89. The van der Waals surface area contributed by atoms with Gasteiger partial charge in [0, 0.05) is 30.7 Å². The van der Waals surface area contributed by atoms with Crippen LogP contribution in [0.5, 0.6) is 0 Å². The molecule has 3 aliphatic rings. The van der Waals surface area contributed by atoms with Crippen LogP contribution < -0.4 is 5.32 Å². The molecule has 0 aromatic heterocycles. The highest BCUT2D eigenvalue weighted by Crippen LogP contribution is 2.44. The summed E-state index contributed by atoms with van der Waals surface area (Å²) in [7, 11) is 0. The van der Waals surface area contributed by atoms with Crippen molar-refractivity contribution in [1.29, 1.82) is 0 Å². The minimum Gasteiger partial charge on any atom is -0.308 e. The lowest BCUT2D eigenvalue weighted by atomic mass is 9.75. The molecule has 2 heteroatoms. The van der Waals surface area contributed by atoms with Crippen LogP contribution in [0, 0.1) is 23.7 Å². The molecule has 0 bridgehead atoms. The molecule has 1 N–H and O–H groups in total. The number of piperazine rings is 1. The number of nitrogens with one attached hydrogen (secondary N) is 1. The van der Waals surface area contributed by atoms with E-state index >= 15 is 0 Å². The van der Waals surface area contributed by atoms with Gasteiger partial charge < -0.3 is 5.32 Å². The molecule has 5 atom stereocenters. The van der Waals surface area contributed by atoms with Crippen molar-refractivity contribution < 1.29 is 0 Å². The number of rotatable bonds is 3. The lowest BCUT2D eigenvalue weighted by Crippen LogP contribution is -2.68. The highest BCUT2D eigenvalue weighted by molar-refractivity contribution is 5.06. The molecule has 5 unspecified atom stereocenters. The largest absolute Gasteiger partial charge is 0.308 e. The van der Waals surface area contributed by atoms with E-state index in [-0.39, 0.29) is 0 Å². The first kappa shape index (κ1) is 15.8. The van der Waals surface area contributed by atoms with Crippen LogP contribution in [0.3, 0.4) is 0 Å². The summed E-state index contributed by atoms with van der Waals surface area (Å²) in [6.07, 6.45) is 7.19. The van der Waals surface area contributed by atoms with E-state index in [1.165, 1.54) is 45.2 Å². The van der Waals surface area contributed by atoms with Crippen LogP contribution in [0.4, 0.5) is 0 Å². The molecule has 0 spiro atoms. The van der Waals surface area contributed by atoms with Gasteiger partial charge in [0.1, 0.15) is 0 Å². The standard InChI is InChI=1S/C19H36N2/c1-13(2)18-11-20-19(5,16-9-10-16)12-21(18)17-8-6-7-14(3)15(17)4/h13-18,20H,6-12H2,1-5H3. The Kier molecular flexibility index (Phi) is 4.40. The van der Waals surface area contributed by atoms with E-state index < -0.39 is 0 Å². The van der Waals surface area contributed by atoms with E-state index in [1.54, 1.807) is 0 Å². The lowest BCUT2D eigenvalue weighted by molar-refractivity contribution is -0.0229. The molecular formula is C19H36N2. The molecular weight excluding hydrogens is 256 g/mol. The second-order valence-electron chi connectivity index (χ2n) is 8.89. The molecule has 2 nitrogen and oxygen atoms in total. The van der Waals surface area contributed by atoms with Crippen LogP contribution in [0.15, 0.2) is 0 Å². The monoisotopic (exact) mass is 292 g/mol. The highest BCUT2D eigenvalue weighted by Gasteiger charge is 2.48. The Hall–Kier alpha value is -0.0800.